The molecular formula is C32H46F2N2O6. The molecule has 0 saturated heterocycles. The van der Waals surface area contributed by atoms with E-state index >= 15 is 8.87 Å². The molecule has 1 aromatic carbocycles. The monoisotopic (exact) mass is 592 g/mol. The van der Waals surface area contributed by atoms with Crippen molar-refractivity contribution in [1.29, 1.82) is 0 Å². The van der Waals surface area contributed by atoms with Gasteiger partial charge >= 0.3 is 5.97 Å². The van der Waals surface area contributed by atoms with Gasteiger partial charge in [0.25, 0.3) is 11.8 Å². The molecule has 10 heteroatoms. The van der Waals surface area contributed by atoms with Crippen LogP contribution < -0.4 is 14.8 Å². The highest BCUT2D eigenvalue weighted by molar-refractivity contribution is 5.98. The standard InChI is InChI=1S/C32H46F2N2O6/c1-17(2)28(18(3)4)36(34)30(38)26-19-8-9-20(14-19)27(26)35-29(37)22-15-25(23(33)16-24(22)40-6)42-21-10-12-32(5,13-11-21)31(39)41-7/h15-21,26-28H,8-14H2,1-7H3,(H,35,37)/t19-,20+,21?,26+,27-,32?/m1/s1. The molecule has 4 atom stereocenters. The molecular weight excluding hydrogens is 546 g/mol. The molecule has 1 aromatic rings. The second kappa shape index (κ2) is 12.8. The van der Waals surface area contributed by atoms with Gasteiger partial charge in [-0.15, -0.1) is 0 Å². The van der Waals surface area contributed by atoms with Crippen LogP contribution in [-0.4, -0.2) is 55.3 Å². The van der Waals surface area contributed by atoms with Gasteiger partial charge in [-0.25, -0.2) is 4.39 Å². The van der Waals surface area contributed by atoms with Crippen molar-refractivity contribution in [2.45, 2.75) is 97.8 Å². The lowest BCUT2D eigenvalue weighted by Gasteiger charge is -2.36. The number of carbonyl (C=O) groups is 3. The van der Waals surface area contributed by atoms with Gasteiger partial charge in [-0.3, -0.25) is 14.4 Å². The number of nitrogens with zero attached hydrogens (tertiary/aromatic N) is 1. The van der Waals surface area contributed by atoms with Crippen LogP contribution in [-0.2, 0) is 14.3 Å². The van der Waals surface area contributed by atoms with Crippen LogP contribution in [0, 0.1) is 40.8 Å². The van der Waals surface area contributed by atoms with Crippen LogP contribution in [0.15, 0.2) is 12.1 Å². The number of fused-ring (bicyclic) bond motifs is 2. The minimum Gasteiger partial charge on any atom is -0.496 e. The van der Waals surface area contributed by atoms with E-state index in [0.717, 1.165) is 25.3 Å². The lowest BCUT2D eigenvalue weighted by Crippen LogP contribution is -2.52. The number of hydrogen-bond donors (Lipinski definition) is 1. The molecule has 3 aliphatic carbocycles. The Hall–Kier alpha value is -2.91. The van der Waals surface area contributed by atoms with Crippen molar-refractivity contribution in [2.24, 2.45) is 35.0 Å². The summed E-state index contributed by atoms with van der Waals surface area (Å²) in [6.45, 7) is 9.45. The number of ether oxygens (including phenoxy) is 3. The topological polar surface area (TPSA) is 94.2 Å². The first-order chi connectivity index (χ1) is 19.8. The largest absolute Gasteiger partial charge is 0.496 e. The summed E-state index contributed by atoms with van der Waals surface area (Å²) in [6.07, 6.45) is 4.23. The minimum absolute atomic E-state index is 0.00186. The quantitative estimate of drug-likeness (QED) is 0.270. The maximum atomic E-state index is 15.6. The Morgan fingerprint density at radius 2 is 1.60 bits per heavy atom. The molecule has 1 N–H and O–H groups in total. The zero-order chi connectivity index (χ0) is 30.9. The predicted molar refractivity (Wildman–Crippen MR) is 153 cm³/mol. The molecule has 3 aliphatic rings. The van der Waals surface area contributed by atoms with E-state index in [0.29, 0.717) is 30.8 Å². The van der Waals surface area contributed by atoms with Crippen LogP contribution in [0.2, 0.25) is 0 Å². The number of benzene rings is 1. The molecule has 3 fully saturated rings. The zero-order valence-electron chi connectivity index (χ0n) is 25.9. The van der Waals surface area contributed by atoms with E-state index in [-0.39, 0.29) is 52.8 Å². The van der Waals surface area contributed by atoms with Gasteiger partial charge in [0.05, 0.1) is 43.3 Å². The van der Waals surface area contributed by atoms with Crippen molar-refractivity contribution in [3.8, 4) is 11.5 Å². The Bertz CT molecular complexity index is 1160. The first-order valence-electron chi connectivity index (χ1n) is 15.2. The number of amides is 2. The van der Waals surface area contributed by atoms with Crippen LogP contribution in [0.4, 0.5) is 8.87 Å². The molecule has 0 aliphatic heterocycles. The van der Waals surface area contributed by atoms with Gasteiger partial charge in [0.1, 0.15) is 5.75 Å². The summed E-state index contributed by atoms with van der Waals surface area (Å²) >= 11 is 0. The Balaban J connectivity index is 1.52. The van der Waals surface area contributed by atoms with Crippen LogP contribution in [0.5, 0.6) is 11.5 Å². The summed E-state index contributed by atoms with van der Waals surface area (Å²) in [4.78, 5) is 39.4. The summed E-state index contributed by atoms with van der Waals surface area (Å²) in [7, 11) is 2.72. The summed E-state index contributed by atoms with van der Waals surface area (Å²) < 4.78 is 46.9. The van der Waals surface area contributed by atoms with Crippen molar-refractivity contribution in [1.82, 2.24) is 10.4 Å². The van der Waals surface area contributed by atoms with Crippen LogP contribution >= 0.6 is 0 Å². The number of methoxy groups -OCH3 is 2. The molecule has 2 bridgehead atoms. The minimum atomic E-state index is -0.667. The van der Waals surface area contributed by atoms with E-state index in [4.69, 9.17) is 14.2 Å². The molecule has 8 nitrogen and oxygen atoms in total. The average molecular weight is 593 g/mol. The van der Waals surface area contributed by atoms with Crippen molar-refractivity contribution < 1.29 is 37.5 Å². The maximum Gasteiger partial charge on any atom is 0.311 e. The van der Waals surface area contributed by atoms with E-state index in [9.17, 15) is 14.4 Å². The summed E-state index contributed by atoms with van der Waals surface area (Å²) in [5, 5.41) is 3.40. The van der Waals surface area contributed by atoms with Crippen molar-refractivity contribution in [2.75, 3.05) is 14.2 Å². The number of carbonyl (C=O) groups excluding carboxylic acids is 3. The number of esters is 1. The molecule has 0 unspecified atom stereocenters. The molecule has 0 heterocycles. The van der Waals surface area contributed by atoms with Gasteiger partial charge < -0.3 is 19.5 Å². The first kappa shape index (κ1) is 32.0. The molecule has 42 heavy (non-hydrogen) atoms. The molecule has 0 radical (unpaired) electrons. The Morgan fingerprint density at radius 3 is 2.17 bits per heavy atom. The van der Waals surface area contributed by atoms with Gasteiger partial charge in [-0.2, -0.15) is 5.12 Å². The van der Waals surface area contributed by atoms with Crippen molar-refractivity contribution in [3.63, 3.8) is 0 Å². The number of nitrogens with one attached hydrogen (secondary N) is 1. The van der Waals surface area contributed by atoms with E-state index in [1.54, 1.807) is 0 Å². The molecule has 4 rings (SSSR count). The lowest BCUT2D eigenvalue weighted by molar-refractivity contribution is -0.165. The van der Waals surface area contributed by atoms with Gasteiger partial charge in [0.2, 0.25) is 0 Å². The average Bonchev–Trinajstić information content (AvgIpc) is 3.55. The summed E-state index contributed by atoms with van der Waals surface area (Å²) in [5.41, 5.74) is -0.524. The highest BCUT2D eigenvalue weighted by Gasteiger charge is 2.53. The SMILES string of the molecule is COC(=O)C1(C)CCC(Oc2cc(C(=O)N[C@@H]3[C@H]4CC[C@H](C4)[C@@H]3C(=O)N(F)C(C(C)C)C(C)C)c(OC)cc2F)CC1. The van der Waals surface area contributed by atoms with Crippen LogP contribution in [0.25, 0.3) is 0 Å². The zero-order valence-corrected chi connectivity index (χ0v) is 25.9. The van der Waals surface area contributed by atoms with Gasteiger partial charge in [-0.1, -0.05) is 32.2 Å². The van der Waals surface area contributed by atoms with Gasteiger partial charge in [0, 0.05) is 12.1 Å². The summed E-state index contributed by atoms with van der Waals surface area (Å²) in [6, 6.07) is 1.36. The first-order valence-corrected chi connectivity index (χ1v) is 15.2. The third kappa shape index (κ3) is 6.23. The van der Waals surface area contributed by atoms with Crippen molar-refractivity contribution >= 4 is 17.8 Å². The van der Waals surface area contributed by atoms with Crippen LogP contribution in [0.3, 0.4) is 0 Å². The lowest BCUT2D eigenvalue weighted by atomic mass is 9.75. The van der Waals surface area contributed by atoms with Gasteiger partial charge in [-0.05, 0) is 81.6 Å². The van der Waals surface area contributed by atoms with E-state index in [1.807, 2.05) is 34.6 Å². The van der Waals surface area contributed by atoms with Crippen LogP contribution in [0.1, 0.15) is 89.9 Å². The second-order valence-corrected chi connectivity index (χ2v) is 13.3. The Morgan fingerprint density at radius 1 is 0.976 bits per heavy atom. The summed E-state index contributed by atoms with van der Waals surface area (Å²) in [5.74, 6) is -2.81. The smallest absolute Gasteiger partial charge is 0.311 e. The predicted octanol–water partition coefficient (Wildman–Crippen LogP) is 5.87. The Labute approximate surface area is 247 Å². The third-order valence-electron chi connectivity index (χ3n) is 9.84. The van der Waals surface area contributed by atoms with E-state index in [2.05, 4.69) is 5.32 Å². The second-order valence-electron chi connectivity index (χ2n) is 13.3. The molecule has 2 amide bonds. The molecule has 234 valence electrons. The fourth-order valence-corrected chi connectivity index (χ4v) is 7.61. The van der Waals surface area contributed by atoms with E-state index < -0.39 is 41.0 Å². The van der Waals surface area contributed by atoms with Crippen molar-refractivity contribution in [3.05, 3.63) is 23.5 Å². The molecule has 0 spiro atoms. The number of rotatable bonds is 10. The van der Waals surface area contributed by atoms with Gasteiger partial charge in [0.15, 0.2) is 11.6 Å². The third-order valence-corrected chi connectivity index (χ3v) is 9.84. The number of halogens is 2. The Kier molecular flexibility index (Phi) is 9.72. The van der Waals surface area contributed by atoms with E-state index in [1.165, 1.54) is 20.3 Å². The fraction of sp³-hybridized carbons (Fsp3) is 0.719. The maximum absolute atomic E-state index is 15.6. The molecule has 3 saturated carbocycles. The number of hydrogen-bond acceptors (Lipinski definition) is 6. The highest BCUT2D eigenvalue weighted by atomic mass is 19.2. The highest BCUT2D eigenvalue weighted by Crippen LogP contribution is 2.50. The molecule has 0 aromatic heterocycles. The normalized spacial score (nSPS) is 28.7. The fourth-order valence-electron chi connectivity index (χ4n) is 7.61.